The third-order valence-corrected chi connectivity index (χ3v) is 10.1. The lowest BCUT2D eigenvalue weighted by Crippen LogP contribution is -2.71. The van der Waals surface area contributed by atoms with Crippen molar-refractivity contribution in [3.8, 4) is 0 Å². The SMILES string of the molecule is C[C@H]1CCOC(=O)C=CC=CC(=O)O[C@@H]2C[C@H]3O[C@@H]4[C@@H]5OC5(C)[C@@H](O)C[C@@]4(COC(=O)[C@H]1O)[C@]2(C)[C@]31CO1. The predicted molar refractivity (Wildman–Crippen MR) is 126 cm³/mol. The van der Waals surface area contributed by atoms with Crippen molar-refractivity contribution in [1.29, 1.82) is 0 Å². The monoisotopic (exact) mass is 534 g/mol. The number of aliphatic hydroxyl groups is 2. The van der Waals surface area contributed by atoms with Crippen LogP contribution in [0, 0.1) is 16.7 Å². The van der Waals surface area contributed by atoms with Crippen molar-refractivity contribution in [2.24, 2.45) is 16.7 Å². The molecule has 0 aromatic heterocycles. The van der Waals surface area contributed by atoms with Crippen LogP contribution >= 0.6 is 0 Å². The average Bonchev–Trinajstić information content (AvgIpc) is 3.78. The minimum atomic E-state index is -1.45. The molecule has 2 bridgehead atoms. The van der Waals surface area contributed by atoms with Crippen molar-refractivity contribution < 1.29 is 53.0 Å². The average molecular weight is 535 g/mol. The molecule has 2 spiro atoms. The van der Waals surface area contributed by atoms with Gasteiger partial charge in [0, 0.05) is 24.0 Å². The summed E-state index contributed by atoms with van der Waals surface area (Å²) in [5, 5.41) is 21.9. The lowest BCUT2D eigenvalue weighted by molar-refractivity contribution is -0.261. The molecule has 4 aliphatic heterocycles. The first-order chi connectivity index (χ1) is 18.0. The fraction of sp³-hybridized carbons (Fsp3) is 0.741. The smallest absolute Gasteiger partial charge is 0.335 e. The van der Waals surface area contributed by atoms with Gasteiger partial charge >= 0.3 is 17.9 Å². The van der Waals surface area contributed by atoms with Crippen molar-refractivity contribution in [1.82, 2.24) is 0 Å². The quantitative estimate of drug-likeness (QED) is 0.251. The highest BCUT2D eigenvalue weighted by atomic mass is 16.7. The first-order valence-corrected chi connectivity index (χ1v) is 13.2. The molecule has 0 aromatic rings. The lowest BCUT2D eigenvalue weighted by Gasteiger charge is -2.59. The third kappa shape index (κ3) is 3.48. The first kappa shape index (κ1) is 25.9. The molecule has 38 heavy (non-hydrogen) atoms. The Balaban J connectivity index is 1.39. The fourth-order valence-corrected chi connectivity index (χ4v) is 7.38. The van der Waals surface area contributed by atoms with E-state index in [-0.39, 0.29) is 32.2 Å². The molecule has 5 fully saturated rings. The summed E-state index contributed by atoms with van der Waals surface area (Å²) in [5.74, 6) is -2.60. The van der Waals surface area contributed by atoms with Gasteiger partial charge in [-0.1, -0.05) is 26.0 Å². The van der Waals surface area contributed by atoms with Crippen LogP contribution in [0.15, 0.2) is 24.3 Å². The molecule has 0 aromatic carbocycles. The van der Waals surface area contributed by atoms with Gasteiger partial charge in [-0.15, -0.1) is 0 Å². The Labute approximate surface area is 220 Å². The van der Waals surface area contributed by atoms with Crippen LogP contribution in [-0.4, -0.2) is 95.8 Å². The van der Waals surface area contributed by atoms with E-state index < -0.39 is 76.4 Å². The predicted octanol–water partition coefficient (Wildman–Crippen LogP) is 0.353. The lowest BCUT2D eigenvalue weighted by atomic mass is 9.49. The Morgan fingerprint density at radius 3 is 2.37 bits per heavy atom. The van der Waals surface area contributed by atoms with Crippen molar-refractivity contribution in [3.05, 3.63) is 24.3 Å². The zero-order chi connectivity index (χ0) is 27.1. The molecular weight excluding hydrogens is 500 g/mol. The summed E-state index contributed by atoms with van der Waals surface area (Å²) in [6.07, 6.45) is 1.58. The number of aliphatic hydroxyl groups excluding tert-OH is 2. The van der Waals surface area contributed by atoms with Gasteiger partial charge in [-0.3, -0.25) is 0 Å². The molecule has 3 saturated heterocycles. The number of fused-ring (bicyclic) bond motifs is 2. The molecule has 208 valence electrons. The van der Waals surface area contributed by atoms with Crippen LogP contribution in [0.2, 0.25) is 0 Å². The van der Waals surface area contributed by atoms with Crippen LogP contribution in [-0.2, 0) is 42.8 Å². The van der Waals surface area contributed by atoms with E-state index in [4.69, 9.17) is 28.4 Å². The molecule has 11 heteroatoms. The van der Waals surface area contributed by atoms with E-state index in [9.17, 15) is 24.6 Å². The second-order valence-corrected chi connectivity index (χ2v) is 11.9. The molecule has 2 saturated carbocycles. The number of carbonyl (C=O) groups excluding carboxylic acids is 3. The Hall–Kier alpha value is -2.31. The van der Waals surface area contributed by atoms with Crippen LogP contribution in [0.25, 0.3) is 0 Å². The van der Waals surface area contributed by atoms with Crippen LogP contribution in [0.5, 0.6) is 0 Å². The van der Waals surface area contributed by atoms with E-state index in [0.29, 0.717) is 13.0 Å². The van der Waals surface area contributed by atoms with Gasteiger partial charge < -0.3 is 38.6 Å². The normalized spacial score (nSPS) is 52.1. The van der Waals surface area contributed by atoms with E-state index in [2.05, 4.69) is 0 Å². The minimum absolute atomic E-state index is 0.00885. The van der Waals surface area contributed by atoms with Crippen molar-refractivity contribution in [3.63, 3.8) is 0 Å². The number of hydrogen-bond acceptors (Lipinski definition) is 11. The van der Waals surface area contributed by atoms with Crippen LogP contribution < -0.4 is 0 Å². The molecular formula is C27H34O11. The van der Waals surface area contributed by atoms with Gasteiger partial charge in [-0.25, -0.2) is 14.4 Å². The summed E-state index contributed by atoms with van der Waals surface area (Å²) < 4.78 is 35.5. The Morgan fingerprint density at radius 1 is 0.947 bits per heavy atom. The zero-order valence-electron chi connectivity index (χ0n) is 21.7. The molecule has 0 amide bonds. The molecule has 0 radical (unpaired) electrons. The maximum atomic E-state index is 13.0. The van der Waals surface area contributed by atoms with Crippen LogP contribution in [0.3, 0.4) is 0 Å². The number of esters is 3. The number of ether oxygens (including phenoxy) is 6. The van der Waals surface area contributed by atoms with Gasteiger partial charge in [-0.05, 0) is 25.7 Å². The largest absolute Gasteiger partial charge is 0.463 e. The highest BCUT2D eigenvalue weighted by Crippen LogP contribution is 2.75. The van der Waals surface area contributed by atoms with Gasteiger partial charge in [0.25, 0.3) is 0 Å². The summed E-state index contributed by atoms with van der Waals surface area (Å²) in [6, 6.07) is 0. The Bertz CT molecular complexity index is 1100. The van der Waals surface area contributed by atoms with Gasteiger partial charge in [0.05, 0.1) is 36.9 Å². The Kier molecular flexibility index (Phi) is 5.87. The Morgan fingerprint density at radius 2 is 1.66 bits per heavy atom. The van der Waals surface area contributed by atoms with E-state index in [1.807, 2.05) is 13.8 Å². The summed E-state index contributed by atoms with van der Waals surface area (Å²) in [7, 11) is 0. The van der Waals surface area contributed by atoms with Crippen molar-refractivity contribution >= 4 is 17.9 Å². The summed E-state index contributed by atoms with van der Waals surface area (Å²) in [5.41, 5.74) is -3.47. The van der Waals surface area contributed by atoms with Crippen LogP contribution in [0.4, 0.5) is 0 Å². The maximum Gasteiger partial charge on any atom is 0.335 e. The van der Waals surface area contributed by atoms with E-state index in [1.165, 1.54) is 24.3 Å². The van der Waals surface area contributed by atoms with Crippen LogP contribution in [0.1, 0.15) is 40.0 Å². The topological polar surface area (TPSA) is 154 Å². The van der Waals surface area contributed by atoms with Crippen molar-refractivity contribution in [2.75, 3.05) is 19.8 Å². The molecule has 2 aliphatic carbocycles. The van der Waals surface area contributed by atoms with E-state index in [0.717, 1.165) is 0 Å². The second-order valence-electron chi connectivity index (χ2n) is 11.9. The fourth-order valence-electron chi connectivity index (χ4n) is 7.38. The number of epoxide rings is 2. The summed E-state index contributed by atoms with van der Waals surface area (Å²) >= 11 is 0. The first-order valence-electron chi connectivity index (χ1n) is 13.2. The molecule has 2 N–H and O–H groups in total. The number of carbonyl (C=O) groups is 3. The number of rotatable bonds is 0. The van der Waals surface area contributed by atoms with Gasteiger partial charge in [0.1, 0.15) is 30.0 Å². The molecule has 4 heterocycles. The molecule has 11 atom stereocenters. The molecule has 6 aliphatic rings. The highest BCUT2D eigenvalue weighted by Gasteiger charge is 2.87. The maximum absolute atomic E-state index is 13.0. The molecule has 1 unspecified atom stereocenters. The number of hydrogen-bond donors (Lipinski definition) is 2. The summed E-state index contributed by atoms with van der Waals surface area (Å²) in [4.78, 5) is 37.8. The molecule has 6 rings (SSSR count). The van der Waals surface area contributed by atoms with Gasteiger partial charge in [-0.2, -0.15) is 0 Å². The second kappa shape index (κ2) is 8.59. The standard InChI is InChI=1S/C27H34O11/c1-14-8-9-33-18(29)6-4-5-7-19(30)36-16-10-17-27(13-35-27)25(16,3)26(12-34-23(32)20(14)31)11-15(28)24(2)21(38-24)22(26)37-17/h4-7,14-17,20-22,28,31H,8-13H2,1-3H3/t14-,15-,16+,17+,20-,21-,22+,24?,25+,26-,27-/m0/s1. The number of allylic oxidation sites excluding steroid dienone is 2. The zero-order valence-corrected chi connectivity index (χ0v) is 21.7. The van der Waals surface area contributed by atoms with Gasteiger partial charge in [0.2, 0.25) is 0 Å². The van der Waals surface area contributed by atoms with E-state index >= 15 is 0 Å². The van der Waals surface area contributed by atoms with Gasteiger partial charge in [0.15, 0.2) is 6.10 Å². The summed E-state index contributed by atoms with van der Waals surface area (Å²) in [6.45, 7) is 5.64. The minimum Gasteiger partial charge on any atom is -0.463 e. The molecule has 11 nitrogen and oxygen atoms in total. The van der Waals surface area contributed by atoms with E-state index in [1.54, 1.807) is 6.92 Å². The third-order valence-electron chi connectivity index (χ3n) is 10.1. The number of cyclic esters (lactones) is 2. The highest BCUT2D eigenvalue weighted by molar-refractivity contribution is 5.84. The van der Waals surface area contributed by atoms with Crippen molar-refractivity contribution in [2.45, 2.75) is 87.9 Å².